The molecule has 4 aromatic rings. The average molecular weight is 588 g/mol. The fourth-order valence-electron chi connectivity index (χ4n) is 6.25. The van der Waals surface area contributed by atoms with E-state index < -0.39 is 0 Å². The van der Waals surface area contributed by atoms with Crippen LogP contribution in [0.1, 0.15) is 82.4 Å². The number of rotatable bonds is 10. The van der Waals surface area contributed by atoms with Crippen LogP contribution in [0.25, 0.3) is 27.2 Å². The number of ketones is 1. The van der Waals surface area contributed by atoms with Crippen LogP contribution in [0.3, 0.4) is 0 Å². The zero-order valence-corrected chi connectivity index (χ0v) is 26.6. The van der Waals surface area contributed by atoms with Gasteiger partial charge in [0, 0.05) is 43.1 Å². The monoisotopic (exact) mass is 587 g/mol. The summed E-state index contributed by atoms with van der Waals surface area (Å²) in [5, 5.41) is 3.49. The van der Waals surface area contributed by atoms with Crippen LogP contribution in [0, 0.1) is 11.2 Å². The van der Waals surface area contributed by atoms with Gasteiger partial charge in [-0.2, -0.15) is 0 Å². The number of hydrogen-bond donors (Lipinski definition) is 0. The molecule has 2 heterocycles. The maximum absolute atomic E-state index is 14.1. The van der Waals surface area contributed by atoms with Crippen molar-refractivity contribution in [3.63, 3.8) is 0 Å². The molecule has 1 aliphatic heterocycles. The first-order chi connectivity index (χ1) is 19.9. The molecule has 0 aliphatic carbocycles. The van der Waals surface area contributed by atoms with Crippen molar-refractivity contribution in [3.05, 3.63) is 81.9 Å². The SMILES string of the molecule is CCCn1c(C(=O)CC(C)(C)C)c(CCCOc2cccc3cc(F)ccc23)c2ccc(Cl)c(C3=C(C)[N+](C)=C3C)c21. The number of hydrogen-bond acceptors (Lipinski definition) is 2. The first kappa shape index (κ1) is 30.0. The molecule has 0 bridgehead atoms. The summed E-state index contributed by atoms with van der Waals surface area (Å²) < 4.78 is 24.4. The first-order valence-electron chi connectivity index (χ1n) is 14.9. The topological polar surface area (TPSA) is 34.2 Å². The summed E-state index contributed by atoms with van der Waals surface area (Å²) in [5.74, 6) is 0.641. The van der Waals surface area contributed by atoms with Crippen molar-refractivity contribution in [2.75, 3.05) is 13.7 Å². The second-order valence-electron chi connectivity index (χ2n) is 12.6. The van der Waals surface area contributed by atoms with Gasteiger partial charge in [0.25, 0.3) is 0 Å². The number of allylic oxidation sites excluding steroid dienone is 2. The van der Waals surface area contributed by atoms with E-state index >= 15 is 0 Å². The molecule has 0 unspecified atom stereocenters. The normalized spacial score (nSPS) is 13.8. The van der Waals surface area contributed by atoms with E-state index in [9.17, 15) is 9.18 Å². The molecular weight excluding hydrogens is 547 g/mol. The predicted molar refractivity (Wildman–Crippen MR) is 173 cm³/mol. The molecule has 1 aliphatic rings. The summed E-state index contributed by atoms with van der Waals surface area (Å²) in [4.78, 5) is 14.1. The average Bonchev–Trinajstić information content (AvgIpc) is 3.24. The minimum absolute atomic E-state index is 0.139. The third-order valence-corrected chi connectivity index (χ3v) is 8.61. The smallest absolute Gasteiger partial charge is 0.192 e. The molecule has 6 heteroatoms. The highest BCUT2D eigenvalue weighted by Crippen LogP contribution is 2.42. The van der Waals surface area contributed by atoms with Gasteiger partial charge < -0.3 is 9.30 Å². The van der Waals surface area contributed by atoms with Crippen molar-refractivity contribution in [3.8, 4) is 5.75 Å². The molecule has 0 spiro atoms. The summed E-state index contributed by atoms with van der Waals surface area (Å²) in [6.07, 6.45) is 2.78. The number of carbonyl (C=O) groups excluding carboxylic acids is 1. The highest BCUT2D eigenvalue weighted by molar-refractivity contribution is 6.38. The van der Waals surface area contributed by atoms with Gasteiger partial charge in [0.05, 0.1) is 22.8 Å². The van der Waals surface area contributed by atoms with E-state index in [-0.39, 0.29) is 17.0 Å². The Bertz CT molecular complexity index is 1770. The largest absolute Gasteiger partial charge is 0.493 e. The van der Waals surface area contributed by atoms with Gasteiger partial charge in [0.15, 0.2) is 17.2 Å². The standard InChI is InChI=1S/C36H41ClFN2O2/c1-8-18-40-34(30(41)21-36(4,5)6)27(12-10-19-42-31-13-9-11-24-20-25(38)14-15-26(24)31)28-16-17-29(37)33(35(28)40)32-22(2)39(7)23(32)3/h9,11,13-17,20H,8,10,12,18-19,21H2,1-7H3/q+1. The number of Topliss-reactive ketones (excluding diaryl/α,β-unsaturated/α-hetero) is 1. The predicted octanol–water partition coefficient (Wildman–Crippen LogP) is 9.48. The number of ether oxygens (including phenoxy) is 1. The lowest BCUT2D eigenvalue weighted by Crippen LogP contribution is -2.27. The highest BCUT2D eigenvalue weighted by Gasteiger charge is 2.36. The van der Waals surface area contributed by atoms with Crippen molar-refractivity contribution in [1.82, 2.24) is 4.57 Å². The molecule has 0 amide bonds. The zero-order valence-electron chi connectivity index (χ0n) is 25.8. The molecule has 1 aromatic heterocycles. The molecule has 0 radical (unpaired) electrons. The van der Waals surface area contributed by atoms with E-state index in [1.54, 1.807) is 6.07 Å². The van der Waals surface area contributed by atoms with Crippen LogP contribution in [-0.2, 0) is 13.0 Å². The van der Waals surface area contributed by atoms with Crippen LogP contribution in [0.2, 0.25) is 5.02 Å². The quantitative estimate of drug-likeness (QED) is 0.105. The summed E-state index contributed by atoms with van der Waals surface area (Å²) in [5.41, 5.74) is 7.32. The van der Waals surface area contributed by atoms with E-state index in [4.69, 9.17) is 16.3 Å². The Kier molecular flexibility index (Phi) is 8.35. The Morgan fingerprint density at radius 1 is 1.07 bits per heavy atom. The van der Waals surface area contributed by atoms with Crippen LogP contribution in [0.15, 0.2) is 54.2 Å². The van der Waals surface area contributed by atoms with E-state index in [1.165, 1.54) is 29.1 Å². The Morgan fingerprint density at radius 2 is 1.81 bits per heavy atom. The van der Waals surface area contributed by atoms with Gasteiger partial charge in [0.1, 0.15) is 24.2 Å². The number of benzene rings is 3. The van der Waals surface area contributed by atoms with E-state index in [0.717, 1.165) is 63.6 Å². The number of aromatic nitrogens is 1. The summed E-state index contributed by atoms with van der Waals surface area (Å²) >= 11 is 6.95. The lowest BCUT2D eigenvalue weighted by atomic mass is 9.88. The minimum Gasteiger partial charge on any atom is -0.493 e. The first-order valence-corrected chi connectivity index (χ1v) is 15.3. The van der Waals surface area contributed by atoms with Crippen molar-refractivity contribution >= 4 is 50.3 Å². The number of fused-ring (bicyclic) bond motifs is 2. The number of halogens is 2. The van der Waals surface area contributed by atoms with Gasteiger partial charge in [-0.1, -0.05) is 57.5 Å². The van der Waals surface area contributed by atoms with Crippen LogP contribution < -0.4 is 4.74 Å². The molecule has 0 atom stereocenters. The number of carbonyl (C=O) groups is 1. The molecule has 0 N–H and O–H groups in total. The fourth-order valence-corrected chi connectivity index (χ4v) is 6.50. The molecular formula is C36H41ClFN2O2+. The van der Waals surface area contributed by atoms with Crippen LogP contribution in [0.4, 0.5) is 4.39 Å². The number of aryl methyl sites for hydroxylation is 2. The van der Waals surface area contributed by atoms with Crippen molar-refractivity contribution < 1.29 is 18.5 Å². The third kappa shape index (κ3) is 5.51. The fraction of sp³-hybridized carbons (Fsp3) is 0.389. The van der Waals surface area contributed by atoms with E-state index in [0.29, 0.717) is 24.5 Å². The molecule has 4 nitrogen and oxygen atoms in total. The van der Waals surface area contributed by atoms with Gasteiger partial charge in [-0.05, 0) is 66.0 Å². The Hall–Kier alpha value is -3.44. The van der Waals surface area contributed by atoms with Gasteiger partial charge >= 0.3 is 0 Å². The third-order valence-electron chi connectivity index (χ3n) is 8.29. The van der Waals surface area contributed by atoms with E-state index in [1.807, 2.05) is 24.3 Å². The van der Waals surface area contributed by atoms with E-state index in [2.05, 4.69) is 63.8 Å². The Labute approximate surface area is 253 Å². The lowest BCUT2D eigenvalue weighted by Gasteiger charge is -2.21. The summed E-state index contributed by atoms with van der Waals surface area (Å²) in [6.45, 7) is 13.9. The van der Waals surface area contributed by atoms with Gasteiger partial charge in [-0.25, -0.2) is 8.97 Å². The molecule has 0 saturated carbocycles. The van der Waals surface area contributed by atoms with Gasteiger partial charge in [-0.3, -0.25) is 4.79 Å². The molecule has 220 valence electrons. The maximum Gasteiger partial charge on any atom is 0.192 e. The second-order valence-corrected chi connectivity index (χ2v) is 13.0. The van der Waals surface area contributed by atoms with Crippen LogP contribution >= 0.6 is 11.6 Å². The van der Waals surface area contributed by atoms with Crippen LogP contribution in [0.5, 0.6) is 5.75 Å². The summed E-state index contributed by atoms with van der Waals surface area (Å²) in [7, 11) is 2.07. The Morgan fingerprint density at radius 3 is 2.50 bits per heavy atom. The van der Waals surface area contributed by atoms with Gasteiger partial charge in [-0.15, -0.1) is 0 Å². The molecule has 5 rings (SSSR count). The Balaban J connectivity index is 1.56. The second kappa shape index (κ2) is 11.7. The number of nitrogens with zero attached hydrogens (tertiary/aromatic N) is 2. The molecule has 42 heavy (non-hydrogen) atoms. The molecule has 0 fully saturated rings. The maximum atomic E-state index is 14.1. The summed E-state index contributed by atoms with van der Waals surface area (Å²) in [6, 6.07) is 14.5. The molecule has 3 aromatic carbocycles. The van der Waals surface area contributed by atoms with Crippen molar-refractivity contribution in [1.29, 1.82) is 0 Å². The zero-order chi connectivity index (χ0) is 30.3. The van der Waals surface area contributed by atoms with Crippen LogP contribution in [-0.4, -0.2) is 34.3 Å². The van der Waals surface area contributed by atoms with Crippen molar-refractivity contribution in [2.45, 2.75) is 73.8 Å². The lowest BCUT2D eigenvalue weighted by molar-refractivity contribution is -0.451. The van der Waals surface area contributed by atoms with Gasteiger partial charge in [0.2, 0.25) is 0 Å². The minimum atomic E-state index is -0.262. The van der Waals surface area contributed by atoms with Crippen molar-refractivity contribution in [2.24, 2.45) is 5.41 Å². The molecule has 0 saturated heterocycles. The highest BCUT2D eigenvalue weighted by atomic mass is 35.5.